The van der Waals surface area contributed by atoms with Crippen molar-refractivity contribution in [3.05, 3.63) is 60.2 Å². The Morgan fingerprint density at radius 3 is 2.36 bits per heavy atom. The van der Waals surface area contributed by atoms with Crippen LogP contribution >= 0.6 is 0 Å². The van der Waals surface area contributed by atoms with E-state index < -0.39 is 0 Å². The maximum Gasteiger partial charge on any atom is 0.0642 e. The highest BCUT2D eigenvalue weighted by Crippen LogP contribution is 2.16. The normalized spacial score (nSPS) is 15.2. The van der Waals surface area contributed by atoms with Gasteiger partial charge in [0.1, 0.15) is 0 Å². The van der Waals surface area contributed by atoms with Gasteiger partial charge >= 0.3 is 0 Å². The molecule has 4 nitrogen and oxygen atoms in total. The van der Waals surface area contributed by atoms with Gasteiger partial charge in [0, 0.05) is 25.8 Å². The van der Waals surface area contributed by atoms with Crippen molar-refractivity contribution in [2.45, 2.75) is 0 Å². The summed E-state index contributed by atoms with van der Waals surface area (Å²) >= 11 is 0. The van der Waals surface area contributed by atoms with Crippen molar-refractivity contribution in [1.29, 1.82) is 0 Å². The summed E-state index contributed by atoms with van der Waals surface area (Å²) < 4.78 is 5.38. The second kappa shape index (κ2) is 7.09. The van der Waals surface area contributed by atoms with Crippen LogP contribution in [0.4, 0.5) is 11.4 Å². The molecule has 0 spiro atoms. The van der Waals surface area contributed by atoms with Gasteiger partial charge in [0.05, 0.1) is 25.1 Å². The molecule has 4 heteroatoms. The molecule has 2 aromatic rings. The van der Waals surface area contributed by atoms with Crippen LogP contribution in [0.3, 0.4) is 0 Å². The highest BCUT2D eigenvalue weighted by atomic mass is 16.5. The third-order valence-corrected chi connectivity index (χ3v) is 3.78. The lowest BCUT2D eigenvalue weighted by molar-refractivity contribution is 0.122. The number of ether oxygens (including phenoxy) is 1. The zero-order valence-corrected chi connectivity index (χ0v) is 12.9. The summed E-state index contributed by atoms with van der Waals surface area (Å²) in [5.41, 5.74) is 3.42. The van der Waals surface area contributed by atoms with E-state index in [0.29, 0.717) is 0 Å². The molecule has 114 valence electrons. The first-order valence-corrected chi connectivity index (χ1v) is 7.58. The van der Waals surface area contributed by atoms with Gasteiger partial charge in [0.2, 0.25) is 0 Å². The lowest BCUT2D eigenvalue weighted by Gasteiger charge is -2.28. The third-order valence-electron chi connectivity index (χ3n) is 3.78. The van der Waals surface area contributed by atoms with Gasteiger partial charge in [-0.05, 0) is 29.8 Å². The molecule has 3 rings (SSSR count). The minimum absolute atomic E-state index is 0.811. The first kappa shape index (κ1) is 14.6. The van der Waals surface area contributed by atoms with Gasteiger partial charge in [0.15, 0.2) is 0 Å². The van der Waals surface area contributed by atoms with Crippen molar-refractivity contribution in [1.82, 2.24) is 0 Å². The van der Waals surface area contributed by atoms with E-state index in [0.717, 1.165) is 37.6 Å². The fraction of sp³-hybridized carbons (Fsp3) is 0.278. The van der Waals surface area contributed by atoms with Crippen LogP contribution in [-0.2, 0) is 4.74 Å². The largest absolute Gasteiger partial charge is 0.378 e. The van der Waals surface area contributed by atoms with Crippen molar-refractivity contribution in [2.24, 2.45) is 5.10 Å². The molecule has 1 aliphatic heterocycles. The van der Waals surface area contributed by atoms with Gasteiger partial charge in [-0.15, -0.1) is 0 Å². The predicted molar refractivity (Wildman–Crippen MR) is 91.9 cm³/mol. The first-order chi connectivity index (χ1) is 10.8. The van der Waals surface area contributed by atoms with Crippen LogP contribution < -0.4 is 9.91 Å². The Hall–Kier alpha value is -2.33. The SMILES string of the molecule is CN(/N=C\c1ccc(N2CCOCC2)cc1)c1ccccc1. The van der Waals surface area contributed by atoms with E-state index in [1.807, 2.05) is 48.6 Å². The Kier molecular flexibility index (Phi) is 4.71. The van der Waals surface area contributed by atoms with Gasteiger partial charge in [0.25, 0.3) is 0 Å². The zero-order chi connectivity index (χ0) is 15.2. The van der Waals surface area contributed by atoms with Gasteiger partial charge in [-0.2, -0.15) is 5.10 Å². The lowest BCUT2D eigenvalue weighted by Crippen LogP contribution is -2.36. The molecule has 0 aliphatic carbocycles. The number of benzene rings is 2. The average molecular weight is 295 g/mol. The van der Waals surface area contributed by atoms with Crippen LogP contribution in [0.25, 0.3) is 0 Å². The maximum atomic E-state index is 5.38. The standard InChI is InChI=1S/C18H21N3O/c1-20(17-5-3-2-4-6-17)19-15-16-7-9-18(10-8-16)21-11-13-22-14-12-21/h2-10,15H,11-14H2,1H3/b19-15-. The van der Waals surface area contributed by atoms with Crippen molar-refractivity contribution in [3.63, 3.8) is 0 Å². The Balaban J connectivity index is 1.64. The highest BCUT2D eigenvalue weighted by molar-refractivity contribution is 5.81. The van der Waals surface area contributed by atoms with Crippen molar-refractivity contribution in [3.8, 4) is 0 Å². The fourth-order valence-corrected chi connectivity index (χ4v) is 2.46. The van der Waals surface area contributed by atoms with E-state index in [1.165, 1.54) is 5.69 Å². The summed E-state index contributed by atoms with van der Waals surface area (Å²) in [6.45, 7) is 3.55. The summed E-state index contributed by atoms with van der Waals surface area (Å²) in [6, 6.07) is 18.6. The molecular formula is C18H21N3O. The highest BCUT2D eigenvalue weighted by Gasteiger charge is 2.10. The Labute approximate surface area is 131 Å². The molecule has 2 aromatic carbocycles. The van der Waals surface area contributed by atoms with E-state index in [1.54, 1.807) is 0 Å². The zero-order valence-electron chi connectivity index (χ0n) is 12.9. The number of hydrogen-bond acceptors (Lipinski definition) is 4. The summed E-state index contributed by atoms with van der Waals surface area (Å²) in [7, 11) is 1.95. The summed E-state index contributed by atoms with van der Waals surface area (Å²) in [5.74, 6) is 0. The fourth-order valence-electron chi connectivity index (χ4n) is 2.46. The minimum Gasteiger partial charge on any atom is -0.378 e. The number of hydrogen-bond donors (Lipinski definition) is 0. The topological polar surface area (TPSA) is 28.1 Å². The smallest absolute Gasteiger partial charge is 0.0642 e. The van der Waals surface area contributed by atoms with E-state index in [2.05, 4.69) is 34.3 Å². The van der Waals surface area contributed by atoms with Gasteiger partial charge < -0.3 is 9.64 Å². The molecule has 0 atom stereocenters. The number of morpholine rings is 1. The quantitative estimate of drug-likeness (QED) is 0.641. The third kappa shape index (κ3) is 3.65. The molecule has 22 heavy (non-hydrogen) atoms. The first-order valence-electron chi connectivity index (χ1n) is 7.58. The van der Waals surface area contributed by atoms with Gasteiger partial charge in [-0.1, -0.05) is 30.3 Å². The summed E-state index contributed by atoms with van der Waals surface area (Å²) in [4.78, 5) is 2.35. The molecule has 0 bridgehead atoms. The maximum absolute atomic E-state index is 5.38. The molecule has 1 fully saturated rings. The van der Waals surface area contributed by atoms with Crippen molar-refractivity contribution < 1.29 is 4.74 Å². The molecule has 1 saturated heterocycles. The lowest BCUT2D eigenvalue weighted by atomic mass is 10.2. The summed E-state index contributed by atoms with van der Waals surface area (Å²) in [5, 5.41) is 6.35. The Morgan fingerprint density at radius 2 is 1.68 bits per heavy atom. The summed E-state index contributed by atoms with van der Waals surface area (Å²) in [6.07, 6.45) is 1.89. The number of para-hydroxylation sites is 1. The van der Waals surface area contributed by atoms with Crippen molar-refractivity contribution in [2.75, 3.05) is 43.3 Å². The molecule has 0 radical (unpaired) electrons. The van der Waals surface area contributed by atoms with E-state index >= 15 is 0 Å². The molecule has 0 amide bonds. The number of rotatable bonds is 4. The molecule has 1 aliphatic rings. The molecule has 0 N–H and O–H groups in total. The van der Waals surface area contributed by atoms with E-state index in [9.17, 15) is 0 Å². The molecule has 0 unspecified atom stereocenters. The van der Waals surface area contributed by atoms with Gasteiger partial charge in [-0.3, -0.25) is 5.01 Å². The second-order valence-corrected chi connectivity index (χ2v) is 5.29. The minimum atomic E-state index is 0.811. The van der Waals surface area contributed by atoms with Crippen LogP contribution in [0.15, 0.2) is 59.7 Å². The van der Waals surface area contributed by atoms with E-state index in [4.69, 9.17) is 4.74 Å². The van der Waals surface area contributed by atoms with Gasteiger partial charge in [-0.25, -0.2) is 0 Å². The van der Waals surface area contributed by atoms with Crippen LogP contribution in [0.5, 0.6) is 0 Å². The number of hydrazone groups is 1. The molecule has 0 aromatic heterocycles. The molecule has 0 saturated carbocycles. The molecular weight excluding hydrogens is 274 g/mol. The number of anilines is 2. The average Bonchev–Trinajstić information content (AvgIpc) is 2.61. The predicted octanol–water partition coefficient (Wildman–Crippen LogP) is 2.99. The Bertz CT molecular complexity index is 604. The van der Waals surface area contributed by atoms with Crippen LogP contribution in [0, 0.1) is 0 Å². The van der Waals surface area contributed by atoms with E-state index in [-0.39, 0.29) is 0 Å². The van der Waals surface area contributed by atoms with Crippen LogP contribution in [-0.4, -0.2) is 39.6 Å². The molecule has 1 heterocycles. The van der Waals surface area contributed by atoms with Crippen LogP contribution in [0.2, 0.25) is 0 Å². The Morgan fingerprint density at radius 1 is 1.00 bits per heavy atom. The second-order valence-electron chi connectivity index (χ2n) is 5.29. The number of nitrogens with zero attached hydrogens (tertiary/aromatic N) is 3. The van der Waals surface area contributed by atoms with Crippen molar-refractivity contribution >= 4 is 17.6 Å². The monoisotopic (exact) mass is 295 g/mol. The van der Waals surface area contributed by atoms with Crippen LogP contribution in [0.1, 0.15) is 5.56 Å².